The molecule has 0 unspecified atom stereocenters. The molecule has 0 fully saturated rings. The molecule has 0 atom stereocenters. The summed E-state index contributed by atoms with van der Waals surface area (Å²) < 4.78 is 0.868. The van der Waals surface area contributed by atoms with Crippen molar-refractivity contribution in [2.75, 3.05) is 4.42 Å². The van der Waals surface area contributed by atoms with E-state index in [2.05, 4.69) is 0 Å². The second-order valence-electron chi connectivity index (χ2n) is 2.53. The van der Waals surface area contributed by atoms with E-state index in [-0.39, 0.29) is 17.3 Å². The van der Waals surface area contributed by atoms with Crippen LogP contribution in [0.5, 0.6) is 5.75 Å². The van der Waals surface area contributed by atoms with Crippen LogP contribution in [0.4, 0.5) is 5.69 Å². The van der Waals surface area contributed by atoms with Crippen molar-refractivity contribution in [1.82, 2.24) is 0 Å². The number of phenols is 1. The zero-order valence-corrected chi connectivity index (χ0v) is 7.82. The van der Waals surface area contributed by atoms with Crippen molar-refractivity contribution in [1.29, 1.82) is 5.41 Å². The first kappa shape index (κ1) is 10.3. The highest BCUT2D eigenvalue weighted by Crippen LogP contribution is 2.23. The molecule has 6 heteroatoms. The van der Waals surface area contributed by atoms with Gasteiger partial charge < -0.3 is 10.8 Å². The monoisotopic (exact) mass is 213 g/mol. The van der Waals surface area contributed by atoms with Crippen molar-refractivity contribution < 1.29 is 9.90 Å². The zero-order valence-electron chi connectivity index (χ0n) is 7.07. The molecule has 0 radical (unpaired) electrons. The molecule has 0 aliphatic rings. The number of carbonyl (C=O) groups is 1. The number of hydrogen-bond donors (Lipinski definition) is 3. The van der Waals surface area contributed by atoms with Crippen LogP contribution in [0.3, 0.4) is 0 Å². The topological polar surface area (TPSA) is 90.4 Å². The standard InChI is InChI=1S/C8H8ClN3O2/c9-12(8(10)11)6-1-2-7(14)5(3-6)4-13/h1-4,14H,(H3,10,11). The van der Waals surface area contributed by atoms with Crippen molar-refractivity contribution in [2.24, 2.45) is 5.73 Å². The Balaban J connectivity index is 3.12. The van der Waals surface area contributed by atoms with E-state index >= 15 is 0 Å². The number of anilines is 1. The summed E-state index contributed by atoms with van der Waals surface area (Å²) in [6.07, 6.45) is 0.490. The Morgan fingerprint density at radius 1 is 1.64 bits per heavy atom. The van der Waals surface area contributed by atoms with Gasteiger partial charge in [-0.2, -0.15) is 0 Å². The summed E-state index contributed by atoms with van der Waals surface area (Å²) in [5, 5.41) is 16.2. The molecule has 5 nitrogen and oxygen atoms in total. The van der Waals surface area contributed by atoms with Gasteiger partial charge in [0.2, 0.25) is 5.96 Å². The van der Waals surface area contributed by atoms with Gasteiger partial charge in [0.05, 0.1) is 11.3 Å². The molecular weight excluding hydrogens is 206 g/mol. The Labute approximate surface area is 85.3 Å². The fraction of sp³-hybridized carbons (Fsp3) is 0. The number of aromatic hydroxyl groups is 1. The fourth-order valence-electron chi connectivity index (χ4n) is 0.898. The normalized spacial score (nSPS) is 9.50. The summed E-state index contributed by atoms with van der Waals surface area (Å²) in [5.74, 6) is -0.508. The van der Waals surface area contributed by atoms with Gasteiger partial charge in [-0.25, -0.2) is 4.42 Å². The third-order valence-electron chi connectivity index (χ3n) is 1.58. The van der Waals surface area contributed by atoms with Gasteiger partial charge in [0.1, 0.15) is 5.75 Å². The lowest BCUT2D eigenvalue weighted by atomic mass is 10.2. The maximum Gasteiger partial charge on any atom is 0.208 e. The van der Waals surface area contributed by atoms with Crippen molar-refractivity contribution in [3.05, 3.63) is 23.8 Å². The largest absolute Gasteiger partial charge is 0.507 e. The summed E-state index contributed by atoms with van der Waals surface area (Å²) in [5.41, 5.74) is 5.56. The lowest BCUT2D eigenvalue weighted by Crippen LogP contribution is -2.27. The van der Waals surface area contributed by atoms with Gasteiger partial charge in [-0.3, -0.25) is 10.2 Å². The first-order valence-electron chi connectivity index (χ1n) is 3.64. The molecule has 0 amide bonds. The molecule has 74 valence electrons. The number of benzene rings is 1. The minimum absolute atomic E-state index is 0.0920. The van der Waals surface area contributed by atoms with Crippen LogP contribution in [-0.2, 0) is 0 Å². The van der Waals surface area contributed by atoms with Crippen LogP contribution < -0.4 is 10.2 Å². The molecule has 0 bridgehead atoms. The third-order valence-corrected chi connectivity index (χ3v) is 1.95. The number of rotatable bonds is 2. The molecule has 1 rings (SSSR count). The molecule has 0 aliphatic carbocycles. The first-order valence-corrected chi connectivity index (χ1v) is 3.98. The van der Waals surface area contributed by atoms with Crippen molar-refractivity contribution in [3.8, 4) is 5.75 Å². The van der Waals surface area contributed by atoms with E-state index in [1.807, 2.05) is 0 Å². The average molecular weight is 214 g/mol. The lowest BCUT2D eigenvalue weighted by molar-refractivity contribution is 0.112. The number of nitrogens with zero attached hydrogens (tertiary/aromatic N) is 1. The van der Waals surface area contributed by atoms with E-state index in [0.717, 1.165) is 4.42 Å². The van der Waals surface area contributed by atoms with E-state index in [1.54, 1.807) is 0 Å². The zero-order chi connectivity index (χ0) is 10.7. The van der Waals surface area contributed by atoms with E-state index < -0.39 is 0 Å². The van der Waals surface area contributed by atoms with Gasteiger partial charge >= 0.3 is 0 Å². The smallest absolute Gasteiger partial charge is 0.208 e. The summed E-state index contributed by atoms with van der Waals surface area (Å²) >= 11 is 5.61. The Bertz CT molecular complexity index is 381. The van der Waals surface area contributed by atoms with Crippen molar-refractivity contribution >= 4 is 29.7 Å². The highest BCUT2D eigenvalue weighted by atomic mass is 35.5. The van der Waals surface area contributed by atoms with Gasteiger partial charge in [0.15, 0.2) is 6.29 Å². The minimum Gasteiger partial charge on any atom is -0.507 e. The van der Waals surface area contributed by atoms with Crippen LogP contribution in [-0.4, -0.2) is 17.4 Å². The SMILES string of the molecule is N=C(N)N(Cl)c1ccc(O)c(C=O)c1. The third kappa shape index (κ3) is 1.94. The van der Waals surface area contributed by atoms with Gasteiger partial charge in [0, 0.05) is 11.8 Å². The van der Waals surface area contributed by atoms with Gasteiger partial charge in [-0.05, 0) is 18.2 Å². The number of hydrogen-bond acceptors (Lipinski definition) is 3. The summed E-state index contributed by atoms with van der Waals surface area (Å²) in [7, 11) is 0. The summed E-state index contributed by atoms with van der Waals surface area (Å²) in [6.45, 7) is 0. The van der Waals surface area contributed by atoms with E-state index in [0.29, 0.717) is 12.0 Å². The Morgan fingerprint density at radius 2 is 2.29 bits per heavy atom. The van der Waals surface area contributed by atoms with Crippen molar-refractivity contribution in [2.45, 2.75) is 0 Å². The molecule has 4 N–H and O–H groups in total. The lowest BCUT2D eigenvalue weighted by Gasteiger charge is -2.13. The molecular formula is C8H8ClN3O2. The van der Waals surface area contributed by atoms with Crippen molar-refractivity contribution in [3.63, 3.8) is 0 Å². The number of halogens is 1. The number of phenolic OH excluding ortho intramolecular Hbond substituents is 1. The summed E-state index contributed by atoms with van der Waals surface area (Å²) in [4.78, 5) is 10.5. The second-order valence-corrected chi connectivity index (χ2v) is 2.87. The maximum atomic E-state index is 10.5. The van der Waals surface area contributed by atoms with Gasteiger partial charge in [-0.15, -0.1) is 0 Å². The minimum atomic E-state index is -0.366. The number of nitrogens with one attached hydrogen (secondary N) is 1. The second kappa shape index (κ2) is 3.97. The predicted molar refractivity (Wildman–Crippen MR) is 53.7 cm³/mol. The molecule has 0 saturated carbocycles. The molecule has 0 saturated heterocycles. The van der Waals surface area contributed by atoms with E-state index in [1.165, 1.54) is 18.2 Å². The van der Waals surface area contributed by atoms with Crippen LogP contribution in [0.15, 0.2) is 18.2 Å². The van der Waals surface area contributed by atoms with Crippen LogP contribution in [0.1, 0.15) is 10.4 Å². The summed E-state index contributed by atoms with van der Waals surface area (Å²) in [6, 6.07) is 4.07. The molecule has 0 heterocycles. The quantitative estimate of drug-likeness (QED) is 0.297. The number of carbonyl (C=O) groups excluding carboxylic acids is 1. The van der Waals surface area contributed by atoms with Gasteiger partial charge in [0.25, 0.3) is 0 Å². The number of guanidine groups is 1. The molecule has 0 spiro atoms. The number of nitrogens with two attached hydrogens (primary N) is 1. The highest BCUT2D eigenvalue weighted by Gasteiger charge is 2.08. The molecule has 0 aromatic heterocycles. The predicted octanol–water partition coefficient (Wildman–Crippen LogP) is 1.06. The van der Waals surface area contributed by atoms with Crippen LogP contribution in [0.2, 0.25) is 0 Å². The first-order chi connectivity index (χ1) is 6.56. The molecule has 1 aromatic carbocycles. The molecule has 0 aliphatic heterocycles. The number of aldehydes is 1. The van der Waals surface area contributed by atoms with E-state index in [9.17, 15) is 9.90 Å². The highest BCUT2D eigenvalue weighted by molar-refractivity contribution is 6.36. The Kier molecular flexibility index (Phi) is 2.93. The molecule has 1 aromatic rings. The van der Waals surface area contributed by atoms with Crippen LogP contribution in [0, 0.1) is 5.41 Å². The van der Waals surface area contributed by atoms with Crippen LogP contribution in [0.25, 0.3) is 0 Å². The Hall–Kier alpha value is -1.75. The Morgan fingerprint density at radius 3 is 2.79 bits per heavy atom. The van der Waals surface area contributed by atoms with E-state index in [4.69, 9.17) is 22.9 Å². The average Bonchev–Trinajstić information content (AvgIpc) is 2.17. The maximum absolute atomic E-state index is 10.5. The molecule has 14 heavy (non-hydrogen) atoms. The van der Waals surface area contributed by atoms with Crippen LogP contribution >= 0.6 is 11.8 Å². The fourth-order valence-corrected chi connectivity index (χ4v) is 1.00. The van der Waals surface area contributed by atoms with Gasteiger partial charge in [-0.1, -0.05) is 0 Å².